The molecule has 2 aromatic rings. The average molecular weight is 604 g/mol. The molecule has 3 rings (SSSR count). The number of β-amino-alcohol motifs (C(OH)–C–C–N with tert-alkyl or cyclic N) is 1. The lowest BCUT2D eigenvalue weighted by Crippen LogP contribution is -2.58. The van der Waals surface area contributed by atoms with Gasteiger partial charge in [-0.3, -0.25) is 14.4 Å². The lowest BCUT2D eigenvalue weighted by Gasteiger charge is -2.35. The van der Waals surface area contributed by atoms with E-state index in [1.807, 2.05) is 64.4 Å². The van der Waals surface area contributed by atoms with Crippen LogP contribution in [-0.4, -0.2) is 90.4 Å². The number of aliphatic hydroxyl groups excluding tert-OH is 1. The van der Waals surface area contributed by atoms with E-state index in [1.165, 1.54) is 4.90 Å². The molecule has 0 aliphatic carbocycles. The molecular formula is C30H45N5O6S. The number of carbonyl (C=O) groups is 3. The molecule has 11 nitrogen and oxygen atoms in total. The molecule has 3 amide bonds. The lowest BCUT2D eigenvalue weighted by atomic mass is 9.85. The first-order chi connectivity index (χ1) is 19.9. The summed E-state index contributed by atoms with van der Waals surface area (Å²) in [5, 5.41) is 16.3. The van der Waals surface area contributed by atoms with E-state index in [-0.39, 0.29) is 43.8 Å². The predicted molar refractivity (Wildman–Crippen MR) is 162 cm³/mol. The van der Waals surface area contributed by atoms with Gasteiger partial charge in [-0.05, 0) is 30.4 Å². The third-order valence-corrected chi connectivity index (χ3v) is 8.15. The molecule has 4 atom stereocenters. The largest absolute Gasteiger partial charge is 0.391 e. The van der Waals surface area contributed by atoms with Crippen molar-refractivity contribution in [2.45, 2.75) is 71.7 Å². The fourth-order valence-corrected chi connectivity index (χ4v) is 5.63. The number of ether oxygens (including phenoxy) is 2. The first-order valence-corrected chi connectivity index (χ1v) is 15.2. The number of rotatable bonds is 14. The molecule has 0 spiro atoms. The summed E-state index contributed by atoms with van der Waals surface area (Å²) in [5.74, 6) is -1.09. The second-order valence-electron chi connectivity index (χ2n) is 11.6. The molecule has 1 aliphatic heterocycles. The zero-order chi connectivity index (χ0) is 30.9. The maximum absolute atomic E-state index is 13.8. The van der Waals surface area contributed by atoms with Crippen molar-refractivity contribution >= 4 is 29.1 Å². The number of aromatic nitrogens is 1. The van der Waals surface area contributed by atoms with Gasteiger partial charge in [0.2, 0.25) is 17.7 Å². The zero-order valence-electron chi connectivity index (χ0n) is 25.2. The number of likely N-dealkylation sites (tertiary alicyclic amines) is 1. The van der Waals surface area contributed by atoms with Crippen LogP contribution in [0.3, 0.4) is 0 Å². The smallest absolute Gasteiger partial charge is 0.246 e. The van der Waals surface area contributed by atoms with Gasteiger partial charge in [0.15, 0.2) is 0 Å². The normalized spacial score (nSPS) is 18.5. The summed E-state index contributed by atoms with van der Waals surface area (Å²) in [7, 11) is 0. The van der Waals surface area contributed by atoms with E-state index in [4.69, 9.17) is 15.2 Å². The van der Waals surface area contributed by atoms with E-state index in [2.05, 4.69) is 15.6 Å². The average Bonchev–Trinajstić information content (AvgIpc) is 3.55. The number of benzene rings is 1. The molecule has 0 bridgehead atoms. The number of thiazole rings is 1. The molecule has 1 aromatic carbocycles. The van der Waals surface area contributed by atoms with Gasteiger partial charge >= 0.3 is 0 Å². The minimum absolute atomic E-state index is 0.0164. The molecule has 0 unspecified atom stereocenters. The summed E-state index contributed by atoms with van der Waals surface area (Å²) in [6.45, 7) is 11.2. The molecule has 5 N–H and O–H groups in total. The third-order valence-electron chi connectivity index (χ3n) is 7.17. The van der Waals surface area contributed by atoms with Crippen molar-refractivity contribution in [1.29, 1.82) is 0 Å². The minimum atomic E-state index is -0.890. The molecule has 42 heavy (non-hydrogen) atoms. The Labute approximate surface area is 252 Å². The monoisotopic (exact) mass is 603 g/mol. The first-order valence-electron chi connectivity index (χ1n) is 14.4. The number of nitrogens with zero attached hydrogens (tertiary/aromatic N) is 2. The topological polar surface area (TPSA) is 156 Å². The summed E-state index contributed by atoms with van der Waals surface area (Å²) in [4.78, 5) is 46.7. The van der Waals surface area contributed by atoms with E-state index >= 15 is 0 Å². The van der Waals surface area contributed by atoms with Crippen LogP contribution in [0.15, 0.2) is 29.8 Å². The second-order valence-corrected chi connectivity index (χ2v) is 12.5. The van der Waals surface area contributed by atoms with Crippen LogP contribution in [0.1, 0.15) is 57.8 Å². The van der Waals surface area contributed by atoms with Gasteiger partial charge in [-0.2, -0.15) is 0 Å². The number of aryl methyl sites for hydroxylation is 1. The van der Waals surface area contributed by atoms with E-state index in [0.717, 1.165) is 21.7 Å². The van der Waals surface area contributed by atoms with Gasteiger partial charge < -0.3 is 35.8 Å². The molecule has 12 heteroatoms. The highest BCUT2D eigenvalue weighted by Crippen LogP contribution is 2.29. The van der Waals surface area contributed by atoms with Gasteiger partial charge in [-0.1, -0.05) is 45.0 Å². The number of carbonyl (C=O) groups excluding carboxylic acids is 3. The summed E-state index contributed by atoms with van der Waals surface area (Å²) in [6.07, 6.45) is -0.644. The molecule has 1 fully saturated rings. The van der Waals surface area contributed by atoms with Crippen LogP contribution < -0.4 is 16.4 Å². The Morgan fingerprint density at radius 2 is 1.79 bits per heavy atom. The van der Waals surface area contributed by atoms with Crippen molar-refractivity contribution < 1.29 is 29.0 Å². The van der Waals surface area contributed by atoms with Gasteiger partial charge in [-0.25, -0.2) is 4.98 Å². The highest BCUT2D eigenvalue weighted by molar-refractivity contribution is 7.13. The molecule has 0 radical (unpaired) electrons. The van der Waals surface area contributed by atoms with E-state index in [9.17, 15) is 19.5 Å². The molecule has 232 valence electrons. The standard InChI is InChI=1S/C30H45N5O6S/c1-19(21-6-8-22(9-7-21)26-20(2)32-18-42-26)33-28(38)24-16-23(36)17-35(24)29(39)27(30(3,4)5)34-25(37)10-12-40-14-15-41-13-11-31/h6-9,18-19,23-24,27,36H,10-17,31H2,1-5H3,(H,33,38)(H,34,37)/t19-,23+,24-,27+/m0/s1. The maximum Gasteiger partial charge on any atom is 0.246 e. The number of hydrogen-bond acceptors (Lipinski definition) is 9. The van der Waals surface area contributed by atoms with E-state index < -0.39 is 29.5 Å². The number of hydrogen-bond donors (Lipinski definition) is 4. The number of amides is 3. The van der Waals surface area contributed by atoms with Crippen LogP contribution in [0.25, 0.3) is 10.4 Å². The lowest BCUT2D eigenvalue weighted by molar-refractivity contribution is -0.144. The van der Waals surface area contributed by atoms with Crippen LogP contribution in [-0.2, 0) is 23.9 Å². The van der Waals surface area contributed by atoms with Crippen LogP contribution in [0.5, 0.6) is 0 Å². The highest BCUT2D eigenvalue weighted by Gasteiger charge is 2.44. The molecular weight excluding hydrogens is 558 g/mol. The Hall–Kier alpha value is -2.90. The van der Waals surface area contributed by atoms with Gasteiger partial charge in [0.1, 0.15) is 12.1 Å². The second kappa shape index (κ2) is 15.5. The summed E-state index contributed by atoms with van der Waals surface area (Å²) < 4.78 is 10.7. The first kappa shape index (κ1) is 33.6. The summed E-state index contributed by atoms with van der Waals surface area (Å²) >= 11 is 1.58. The Balaban J connectivity index is 1.61. The Kier molecular flexibility index (Phi) is 12.4. The van der Waals surface area contributed by atoms with Crippen molar-refractivity contribution in [3.63, 3.8) is 0 Å². The molecule has 0 saturated carbocycles. The molecule has 1 saturated heterocycles. The fraction of sp³-hybridized carbons (Fsp3) is 0.600. The SMILES string of the molecule is Cc1ncsc1-c1ccc([C@H](C)NC(=O)[C@@H]2C[C@@H](O)CN2C(=O)[C@@H](NC(=O)CCOCCOCCN)C(C)(C)C)cc1. The fourth-order valence-electron chi connectivity index (χ4n) is 4.82. The highest BCUT2D eigenvalue weighted by atomic mass is 32.1. The predicted octanol–water partition coefficient (Wildman–Crippen LogP) is 2.17. The zero-order valence-corrected chi connectivity index (χ0v) is 26.0. The summed E-state index contributed by atoms with van der Waals surface area (Å²) in [5.41, 5.74) is 9.50. The number of aliphatic hydroxyl groups is 1. The Bertz CT molecular complexity index is 1180. The van der Waals surface area contributed by atoms with E-state index in [0.29, 0.717) is 26.4 Å². The van der Waals surface area contributed by atoms with Gasteiger partial charge in [-0.15, -0.1) is 11.3 Å². The quantitative estimate of drug-likeness (QED) is 0.240. The van der Waals surface area contributed by atoms with E-state index in [1.54, 1.807) is 11.3 Å². The maximum atomic E-state index is 13.8. The van der Waals surface area contributed by atoms with Gasteiger partial charge in [0, 0.05) is 25.9 Å². The number of nitrogens with one attached hydrogen (secondary N) is 2. The van der Waals surface area contributed by atoms with Crippen LogP contribution in [0.2, 0.25) is 0 Å². The van der Waals surface area contributed by atoms with Crippen LogP contribution in [0, 0.1) is 12.3 Å². The van der Waals surface area contributed by atoms with Crippen molar-refractivity contribution in [2.24, 2.45) is 11.1 Å². The third kappa shape index (κ3) is 9.30. The van der Waals surface area contributed by atoms with Crippen LogP contribution in [0.4, 0.5) is 0 Å². The summed E-state index contributed by atoms with van der Waals surface area (Å²) in [6, 6.07) is 5.88. The number of nitrogens with two attached hydrogens (primary N) is 1. The van der Waals surface area contributed by atoms with Gasteiger partial charge in [0.25, 0.3) is 0 Å². The minimum Gasteiger partial charge on any atom is -0.391 e. The van der Waals surface area contributed by atoms with Crippen LogP contribution >= 0.6 is 11.3 Å². The molecule has 1 aliphatic rings. The van der Waals surface area contributed by atoms with Crippen molar-refractivity contribution in [2.75, 3.05) is 39.5 Å². The van der Waals surface area contributed by atoms with Crippen molar-refractivity contribution in [1.82, 2.24) is 20.5 Å². The Morgan fingerprint density at radius 1 is 1.12 bits per heavy atom. The molecule has 2 heterocycles. The molecule has 1 aromatic heterocycles. The van der Waals surface area contributed by atoms with Crippen molar-refractivity contribution in [3.8, 4) is 10.4 Å². The Morgan fingerprint density at radius 3 is 2.38 bits per heavy atom. The van der Waals surface area contributed by atoms with Gasteiger partial charge in [0.05, 0.1) is 54.7 Å². The van der Waals surface area contributed by atoms with Crippen molar-refractivity contribution in [3.05, 3.63) is 41.0 Å².